The first-order chi connectivity index (χ1) is 22.4. The molecule has 1 aliphatic heterocycles. The van der Waals surface area contributed by atoms with Gasteiger partial charge in [-0.2, -0.15) is 0 Å². The fourth-order valence-electron chi connectivity index (χ4n) is 9.36. The zero-order chi connectivity index (χ0) is 35.3. The minimum atomic E-state index is -1.25. The van der Waals surface area contributed by atoms with Crippen molar-refractivity contribution < 1.29 is 48.0 Å². The smallest absolute Gasteiger partial charge is 0.308 e. The first kappa shape index (κ1) is 36.0. The summed E-state index contributed by atoms with van der Waals surface area (Å²) in [5, 5.41) is 12.3. The van der Waals surface area contributed by atoms with Gasteiger partial charge in [-0.3, -0.25) is 19.2 Å². The van der Waals surface area contributed by atoms with Gasteiger partial charge in [-0.1, -0.05) is 51.1 Å². The summed E-state index contributed by atoms with van der Waals surface area (Å²) in [6, 6.07) is 9.55. The maximum absolute atomic E-state index is 13.7. The molecule has 3 fully saturated rings. The van der Waals surface area contributed by atoms with E-state index in [1.807, 2.05) is 77.0 Å². The van der Waals surface area contributed by atoms with Gasteiger partial charge in [0, 0.05) is 44.1 Å². The van der Waals surface area contributed by atoms with Gasteiger partial charge in [0.1, 0.15) is 36.1 Å². The number of aliphatic hydroxyl groups excluding tert-OH is 1. The number of epoxide rings is 1. The normalized spacial score (nSPS) is 35.9. The number of ether oxygens (including phenoxy) is 5. The molecule has 0 radical (unpaired) electrons. The second-order valence-electron chi connectivity index (χ2n) is 15.1. The quantitative estimate of drug-likeness (QED) is 0.183. The lowest BCUT2D eigenvalue weighted by atomic mass is 9.48. The summed E-state index contributed by atoms with van der Waals surface area (Å²) in [7, 11) is 3.83. The number of carbonyl (C=O) groups is 4. The van der Waals surface area contributed by atoms with Gasteiger partial charge < -0.3 is 33.7 Å². The number of nitrogens with zero attached hydrogens (tertiary/aromatic N) is 1. The van der Waals surface area contributed by atoms with Crippen molar-refractivity contribution in [2.75, 3.05) is 20.7 Å². The predicted octanol–water partition coefficient (Wildman–Crippen LogP) is 4.31. The van der Waals surface area contributed by atoms with E-state index in [2.05, 4.69) is 0 Å². The largest absolute Gasteiger partial charge is 0.462 e. The van der Waals surface area contributed by atoms with E-state index in [0.29, 0.717) is 30.4 Å². The highest BCUT2D eigenvalue weighted by molar-refractivity contribution is 5.71. The first-order valence-corrected chi connectivity index (χ1v) is 16.9. The number of benzene rings is 1. The van der Waals surface area contributed by atoms with Gasteiger partial charge in [-0.25, -0.2) is 0 Å². The molecule has 1 saturated heterocycles. The van der Waals surface area contributed by atoms with Crippen molar-refractivity contribution in [3.63, 3.8) is 0 Å². The Morgan fingerprint density at radius 2 is 1.56 bits per heavy atom. The van der Waals surface area contributed by atoms with Crippen LogP contribution in [0.5, 0.6) is 0 Å². The molecule has 0 unspecified atom stereocenters. The molecule has 5 rings (SSSR count). The lowest BCUT2D eigenvalue weighted by Gasteiger charge is -2.60. The fourth-order valence-corrected chi connectivity index (χ4v) is 9.36. The topological polar surface area (TPSA) is 141 Å². The van der Waals surface area contributed by atoms with E-state index in [4.69, 9.17) is 23.7 Å². The average molecular weight is 670 g/mol. The fraction of sp³-hybridized carbons (Fsp3) is 0.676. The molecular formula is C37H51NO10. The summed E-state index contributed by atoms with van der Waals surface area (Å²) in [5.74, 6) is -3.03. The molecule has 11 nitrogen and oxygen atoms in total. The predicted molar refractivity (Wildman–Crippen MR) is 174 cm³/mol. The molecule has 264 valence electrons. The number of esters is 4. The summed E-state index contributed by atoms with van der Waals surface area (Å²) in [6.07, 6.45) is -3.30. The molecule has 11 heteroatoms. The van der Waals surface area contributed by atoms with Gasteiger partial charge in [-0.15, -0.1) is 0 Å². The molecule has 3 aliphatic carbocycles. The Morgan fingerprint density at radius 1 is 0.958 bits per heavy atom. The van der Waals surface area contributed by atoms with Crippen molar-refractivity contribution in [2.45, 2.75) is 116 Å². The SMILES string of the molecule is CC(=O)O[C@@H]1[C@@H]2C[C@H](OC(C)=O)C(C)=C([C@@H](O)[C@H](OC(C)=O)[C@]3(C)CC[C@H](OC(=O)C[C@H](c4ccccc4)N(C)C)[C@]4(CO4)[C@@H]13)C2(C)C. The van der Waals surface area contributed by atoms with Gasteiger partial charge in [0.15, 0.2) is 0 Å². The number of rotatable bonds is 8. The van der Waals surface area contributed by atoms with Crippen molar-refractivity contribution in [3.8, 4) is 0 Å². The molecule has 10 atom stereocenters. The van der Waals surface area contributed by atoms with Crippen LogP contribution in [0, 0.1) is 22.7 Å². The van der Waals surface area contributed by atoms with Crippen LogP contribution >= 0.6 is 0 Å². The number of carbonyl (C=O) groups excluding carboxylic acids is 4. The Kier molecular flexibility index (Phi) is 9.91. The van der Waals surface area contributed by atoms with Crippen molar-refractivity contribution in [1.29, 1.82) is 0 Å². The molecule has 1 aromatic rings. The van der Waals surface area contributed by atoms with Crippen LogP contribution in [0.15, 0.2) is 41.5 Å². The lowest BCUT2D eigenvalue weighted by Crippen LogP contribution is -2.68. The Morgan fingerprint density at radius 3 is 2.10 bits per heavy atom. The number of aliphatic hydroxyl groups is 1. The van der Waals surface area contributed by atoms with Crippen molar-refractivity contribution in [3.05, 3.63) is 47.0 Å². The van der Waals surface area contributed by atoms with Gasteiger partial charge in [-0.05, 0) is 62.4 Å². The maximum atomic E-state index is 13.7. The minimum Gasteiger partial charge on any atom is -0.462 e. The van der Waals surface area contributed by atoms with Crippen LogP contribution in [0.25, 0.3) is 0 Å². The summed E-state index contributed by atoms with van der Waals surface area (Å²) < 4.78 is 30.8. The second-order valence-corrected chi connectivity index (χ2v) is 15.1. The lowest BCUT2D eigenvalue weighted by molar-refractivity contribution is -0.226. The molecular weight excluding hydrogens is 618 g/mol. The number of hydrogen-bond acceptors (Lipinski definition) is 11. The summed E-state index contributed by atoms with van der Waals surface area (Å²) >= 11 is 0. The first-order valence-electron chi connectivity index (χ1n) is 16.9. The molecule has 4 aliphatic rings. The number of fused-ring (bicyclic) bond motifs is 4. The molecule has 0 amide bonds. The van der Waals surface area contributed by atoms with Gasteiger partial charge in [0.2, 0.25) is 0 Å². The summed E-state index contributed by atoms with van der Waals surface area (Å²) in [5.41, 5.74) is -0.537. The summed E-state index contributed by atoms with van der Waals surface area (Å²) in [4.78, 5) is 53.6. The highest BCUT2D eigenvalue weighted by Crippen LogP contribution is 2.65. The van der Waals surface area contributed by atoms with Crippen LogP contribution in [-0.4, -0.2) is 90.7 Å². The van der Waals surface area contributed by atoms with Crippen LogP contribution in [0.4, 0.5) is 0 Å². The zero-order valence-corrected chi connectivity index (χ0v) is 29.6. The maximum Gasteiger partial charge on any atom is 0.308 e. The van der Waals surface area contributed by atoms with E-state index in [0.717, 1.165) is 5.56 Å². The second kappa shape index (κ2) is 13.2. The van der Waals surface area contributed by atoms with Crippen LogP contribution in [0.2, 0.25) is 0 Å². The highest BCUT2D eigenvalue weighted by atomic mass is 16.6. The third kappa shape index (κ3) is 6.41. The van der Waals surface area contributed by atoms with Gasteiger partial charge >= 0.3 is 23.9 Å². The third-order valence-corrected chi connectivity index (χ3v) is 11.5. The molecule has 1 aromatic carbocycles. The van der Waals surface area contributed by atoms with Crippen molar-refractivity contribution in [1.82, 2.24) is 4.90 Å². The highest BCUT2D eigenvalue weighted by Gasteiger charge is 2.74. The van der Waals surface area contributed by atoms with Crippen molar-refractivity contribution in [2.24, 2.45) is 22.7 Å². The van der Waals surface area contributed by atoms with Crippen LogP contribution in [-0.2, 0) is 42.9 Å². The third-order valence-electron chi connectivity index (χ3n) is 11.5. The minimum absolute atomic E-state index is 0.112. The standard InChI is InChI=1S/C37H51NO10/c1-20-27(45-21(2)39)17-25-32(46-22(3)40)33-36(7,34(47-23(4)41)31(43)30(20)35(25,5)6)16-15-28(37(33)19-44-37)48-29(42)18-26(38(8)9)24-13-11-10-12-14-24/h10-14,25-28,31-34,43H,15-19H2,1-9H3/t25-,26+,27-,28-,31+,32+,33-,34-,36+,37+/m0/s1. The molecule has 0 aromatic heterocycles. The van der Waals surface area contributed by atoms with Crippen molar-refractivity contribution >= 4 is 23.9 Å². The van der Waals surface area contributed by atoms with E-state index in [-0.39, 0.29) is 25.0 Å². The monoisotopic (exact) mass is 669 g/mol. The van der Waals surface area contributed by atoms with Crippen LogP contribution in [0.1, 0.15) is 85.8 Å². The Balaban J connectivity index is 1.60. The van der Waals surface area contributed by atoms with E-state index >= 15 is 0 Å². The molecule has 1 spiro atoms. The number of hydrogen-bond donors (Lipinski definition) is 1. The summed E-state index contributed by atoms with van der Waals surface area (Å²) in [6.45, 7) is 11.9. The average Bonchev–Trinajstić information content (AvgIpc) is 3.77. The van der Waals surface area contributed by atoms with E-state index < -0.39 is 76.7 Å². The molecule has 1 N–H and O–H groups in total. The molecule has 2 saturated carbocycles. The van der Waals surface area contributed by atoms with E-state index in [1.165, 1.54) is 20.8 Å². The van der Waals surface area contributed by atoms with Gasteiger partial charge in [0.05, 0.1) is 13.0 Å². The Hall–Kier alpha value is -3.28. The van der Waals surface area contributed by atoms with E-state index in [1.54, 1.807) is 0 Å². The Labute approximate surface area is 283 Å². The van der Waals surface area contributed by atoms with Gasteiger partial charge in [0.25, 0.3) is 0 Å². The molecule has 2 bridgehead atoms. The van der Waals surface area contributed by atoms with E-state index in [9.17, 15) is 24.3 Å². The molecule has 1 heterocycles. The molecule has 48 heavy (non-hydrogen) atoms. The van der Waals surface area contributed by atoms with Crippen LogP contribution in [0.3, 0.4) is 0 Å². The Bertz CT molecular complexity index is 1450. The zero-order valence-electron chi connectivity index (χ0n) is 29.6. The van der Waals surface area contributed by atoms with Crippen LogP contribution < -0.4 is 0 Å².